The van der Waals surface area contributed by atoms with Gasteiger partial charge in [-0.05, 0) is 24.3 Å². The summed E-state index contributed by atoms with van der Waals surface area (Å²) in [5, 5.41) is 0.365. The average Bonchev–Trinajstić information content (AvgIpc) is 2.61. The lowest BCUT2D eigenvalue weighted by Crippen LogP contribution is -2.24. The maximum Gasteiger partial charge on any atom is 0.355 e. The number of fused-ring (bicyclic) bond motifs is 1. The Morgan fingerprint density at radius 3 is 2.30 bits per heavy atom. The van der Waals surface area contributed by atoms with Crippen molar-refractivity contribution in [3.63, 3.8) is 0 Å². The summed E-state index contributed by atoms with van der Waals surface area (Å²) in [6, 6.07) is 16.3. The molecule has 0 bridgehead atoms. The lowest BCUT2D eigenvalue weighted by molar-refractivity contribution is 0.0583. The summed E-state index contributed by atoms with van der Waals surface area (Å²) in [6.45, 7) is 0. The molecule has 0 spiro atoms. The number of aromatic nitrogens is 1. The monoisotopic (exact) mass is 307 g/mol. The van der Waals surface area contributed by atoms with E-state index in [4.69, 9.17) is 4.74 Å². The van der Waals surface area contributed by atoms with Crippen LogP contribution in [-0.2, 0) is 4.74 Å². The topological polar surface area (TPSA) is 65.4 Å². The van der Waals surface area contributed by atoms with Crippen molar-refractivity contribution in [2.45, 2.75) is 0 Å². The number of hydrogen-bond donors (Lipinski definition) is 0. The SMILES string of the molecule is COC(=O)c1cc(=O)c2ccccc2n1C(=O)c1ccccc1. The minimum absolute atomic E-state index is 0.0925. The van der Waals surface area contributed by atoms with E-state index < -0.39 is 11.9 Å². The lowest BCUT2D eigenvalue weighted by atomic mass is 10.1. The molecule has 3 rings (SSSR count). The summed E-state index contributed by atoms with van der Waals surface area (Å²) in [7, 11) is 1.21. The van der Waals surface area contributed by atoms with E-state index in [1.54, 1.807) is 54.6 Å². The molecule has 0 atom stereocenters. The molecule has 114 valence electrons. The molecule has 5 nitrogen and oxygen atoms in total. The highest BCUT2D eigenvalue weighted by Gasteiger charge is 2.21. The van der Waals surface area contributed by atoms with Gasteiger partial charge in [-0.25, -0.2) is 4.79 Å². The molecule has 5 heteroatoms. The average molecular weight is 307 g/mol. The van der Waals surface area contributed by atoms with Gasteiger partial charge in [0.1, 0.15) is 5.69 Å². The smallest absolute Gasteiger partial charge is 0.355 e. The predicted octanol–water partition coefficient (Wildman–Crippen LogP) is 2.48. The van der Waals surface area contributed by atoms with Crippen LogP contribution in [0.2, 0.25) is 0 Å². The third-order valence-electron chi connectivity index (χ3n) is 3.54. The van der Waals surface area contributed by atoms with E-state index in [2.05, 4.69) is 0 Å². The Labute approximate surface area is 131 Å². The molecule has 0 radical (unpaired) electrons. The molecule has 0 saturated carbocycles. The Kier molecular flexibility index (Phi) is 3.76. The van der Waals surface area contributed by atoms with Gasteiger partial charge in [-0.1, -0.05) is 30.3 Å². The number of nitrogens with zero attached hydrogens (tertiary/aromatic N) is 1. The first-order chi connectivity index (χ1) is 11.1. The van der Waals surface area contributed by atoms with Gasteiger partial charge in [0.2, 0.25) is 0 Å². The summed E-state index contributed by atoms with van der Waals surface area (Å²) < 4.78 is 5.94. The molecule has 0 saturated heterocycles. The Hall–Kier alpha value is -3.21. The third-order valence-corrected chi connectivity index (χ3v) is 3.54. The molecule has 23 heavy (non-hydrogen) atoms. The molecule has 0 aliphatic rings. The maximum absolute atomic E-state index is 12.9. The molecule has 0 fully saturated rings. The van der Waals surface area contributed by atoms with Crippen LogP contribution in [0.1, 0.15) is 20.8 Å². The predicted molar refractivity (Wildman–Crippen MR) is 85.7 cm³/mol. The molecule has 0 N–H and O–H groups in total. The largest absolute Gasteiger partial charge is 0.464 e. The van der Waals surface area contributed by atoms with E-state index in [0.717, 1.165) is 6.07 Å². The van der Waals surface area contributed by atoms with Crippen LogP contribution in [0.4, 0.5) is 0 Å². The first-order valence-corrected chi connectivity index (χ1v) is 6.96. The standard InChI is InChI=1S/C18H13NO4/c1-23-18(22)15-11-16(20)13-9-5-6-10-14(13)19(15)17(21)12-7-3-2-4-8-12/h2-11H,1H3. The van der Waals surface area contributed by atoms with Gasteiger partial charge in [0, 0.05) is 17.0 Å². The van der Waals surface area contributed by atoms with Crippen molar-refractivity contribution >= 4 is 22.8 Å². The zero-order valence-corrected chi connectivity index (χ0v) is 12.4. The fraction of sp³-hybridized carbons (Fsp3) is 0.0556. The van der Waals surface area contributed by atoms with Crippen molar-refractivity contribution in [1.29, 1.82) is 0 Å². The molecule has 3 aromatic rings. The van der Waals surface area contributed by atoms with Crippen molar-refractivity contribution in [2.75, 3.05) is 7.11 Å². The van der Waals surface area contributed by atoms with Crippen molar-refractivity contribution in [3.8, 4) is 0 Å². The van der Waals surface area contributed by atoms with Crippen LogP contribution in [0.5, 0.6) is 0 Å². The number of hydrogen-bond acceptors (Lipinski definition) is 4. The molecule has 0 amide bonds. The number of carbonyl (C=O) groups is 2. The summed E-state index contributed by atoms with van der Waals surface area (Å²) in [4.78, 5) is 37.1. The number of benzene rings is 2. The fourth-order valence-electron chi connectivity index (χ4n) is 2.46. The normalized spacial score (nSPS) is 10.5. The molecule has 1 aromatic heterocycles. The Morgan fingerprint density at radius 1 is 0.957 bits per heavy atom. The van der Waals surface area contributed by atoms with Gasteiger partial charge in [-0.15, -0.1) is 0 Å². The number of para-hydroxylation sites is 1. The van der Waals surface area contributed by atoms with Gasteiger partial charge in [0.15, 0.2) is 5.43 Å². The number of carbonyl (C=O) groups excluding carboxylic acids is 2. The number of pyridine rings is 1. The van der Waals surface area contributed by atoms with E-state index in [1.807, 2.05) is 0 Å². The highest BCUT2D eigenvalue weighted by atomic mass is 16.5. The summed E-state index contributed by atoms with van der Waals surface area (Å²) in [5.74, 6) is -1.14. The molecular formula is C18H13NO4. The fourth-order valence-corrected chi connectivity index (χ4v) is 2.46. The van der Waals surface area contributed by atoms with Crippen LogP contribution >= 0.6 is 0 Å². The first kappa shape index (κ1) is 14.7. The number of esters is 1. The van der Waals surface area contributed by atoms with E-state index in [0.29, 0.717) is 16.5 Å². The molecule has 2 aromatic carbocycles. The second-order valence-corrected chi connectivity index (χ2v) is 4.91. The second kappa shape index (κ2) is 5.88. The Morgan fingerprint density at radius 2 is 1.61 bits per heavy atom. The van der Waals surface area contributed by atoms with E-state index in [9.17, 15) is 14.4 Å². The third kappa shape index (κ3) is 2.53. The first-order valence-electron chi connectivity index (χ1n) is 6.96. The number of rotatable bonds is 2. The Bertz CT molecular complexity index is 958. The van der Waals surface area contributed by atoms with E-state index in [-0.39, 0.29) is 11.1 Å². The van der Waals surface area contributed by atoms with Gasteiger partial charge < -0.3 is 4.74 Å². The summed E-state index contributed by atoms with van der Waals surface area (Å²) in [5.41, 5.74) is 0.351. The van der Waals surface area contributed by atoms with Crippen molar-refractivity contribution in [2.24, 2.45) is 0 Å². The van der Waals surface area contributed by atoms with Gasteiger partial charge in [0.05, 0.1) is 12.6 Å². The molecule has 0 aliphatic carbocycles. The highest BCUT2D eigenvalue weighted by Crippen LogP contribution is 2.16. The van der Waals surface area contributed by atoms with Gasteiger partial charge in [-0.3, -0.25) is 14.2 Å². The van der Waals surface area contributed by atoms with E-state index in [1.165, 1.54) is 11.7 Å². The summed E-state index contributed by atoms with van der Waals surface area (Å²) in [6.07, 6.45) is 0. The van der Waals surface area contributed by atoms with Crippen LogP contribution in [0.25, 0.3) is 10.9 Å². The maximum atomic E-state index is 12.9. The van der Waals surface area contributed by atoms with Gasteiger partial charge in [0.25, 0.3) is 5.91 Å². The minimum atomic E-state index is -0.739. The van der Waals surface area contributed by atoms with Crippen LogP contribution in [0.15, 0.2) is 65.5 Å². The van der Waals surface area contributed by atoms with Gasteiger partial charge in [-0.2, -0.15) is 0 Å². The van der Waals surface area contributed by atoms with Crippen LogP contribution in [-0.4, -0.2) is 23.6 Å². The van der Waals surface area contributed by atoms with Crippen molar-refractivity contribution in [1.82, 2.24) is 4.57 Å². The molecule has 1 heterocycles. The van der Waals surface area contributed by atoms with Crippen LogP contribution in [0.3, 0.4) is 0 Å². The number of ether oxygens (including phenoxy) is 1. The van der Waals surface area contributed by atoms with Gasteiger partial charge >= 0.3 is 5.97 Å². The molecule has 0 aliphatic heterocycles. The van der Waals surface area contributed by atoms with Crippen LogP contribution < -0.4 is 5.43 Å². The quantitative estimate of drug-likeness (QED) is 0.682. The summed E-state index contributed by atoms with van der Waals surface area (Å²) >= 11 is 0. The molecular weight excluding hydrogens is 294 g/mol. The second-order valence-electron chi connectivity index (χ2n) is 4.91. The highest BCUT2D eigenvalue weighted by molar-refractivity contribution is 6.06. The van der Waals surface area contributed by atoms with Crippen molar-refractivity contribution in [3.05, 3.63) is 82.1 Å². The zero-order valence-electron chi connectivity index (χ0n) is 12.4. The Balaban J connectivity index is 2.37. The van der Waals surface area contributed by atoms with Crippen LogP contribution in [0, 0.1) is 0 Å². The lowest BCUT2D eigenvalue weighted by Gasteiger charge is -2.14. The van der Waals surface area contributed by atoms with E-state index >= 15 is 0 Å². The van der Waals surface area contributed by atoms with Crippen molar-refractivity contribution < 1.29 is 14.3 Å². The molecule has 0 unspecified atom stereocenters. The minimum Gasteiger partial charge on any atom is -0.464 e. The zero-order chi connectivity index (χ0) is 16.4. The number of methoxy groups -OCH3 is 1.